The third-order valence-corrected chi connectivity index (χ3v) is 4.70. The summed E-state index contributed by atoms with van der Waals surface area (Å²) in [6, 6.07) is 9.85. The molecule has 1 aromatic carbocycles. The molecule has 0 saturated carbocycles. The van der Waals surface area contributed by atoms with Crippen molar-refractivity contribution in [1.82, 2.24) is 30.2 Å². The van der Waals surface area contributed by atoms with Crippen molar-refractivity contribution in [2.45, 2.75) is 25.8 Å². The molecule has 3 rings (SSSR count). The van der Waals surface area contributed by atoms with Gasteiger partial charge < -0.3 is 16.4 Å². The standard InChI is InChI=1S/C21H26FN9.HI/c1-25-21(27-11-3-13-30-14-4-12-28-30)26-10-2-5-19-18(15-23)20(24)31(29-19)17-8-6-16(22)7-9-17;/h4,6-9,12,14H,2-3,5,10-11,13,24H2,1H3,(H2,25,26,27);1H. The number of nitrogens with one attached hydrogen (secondary N) is 2. The Balaban J connectivity index is 0.00000363. The van der Waals surface area contributed by atoms with Crippen LogP contribution in [0.15, 0.2) is 47.7 Å². The molecule has 0 fully saturated rings. The zero-order valence-electron chi connectivity index (χ0n) is 17.8. The first-order valence-corrected chi connectivity index (χ1v) is 10.1. The lowest BCUT2D eigenvalue weighted by Gasteiger charge is -2.11. The summed E-state index contributed by atoms with van der Waals surface area (Å²) in [6.07, 6.45) is 5.94. The molecule has 0 unspecified atom stereocenters. The molecule has 0 aliphatic rings. The topological polar surface area (TPSA) is 122 Å². The van der Waals surface area contributed by atoms with Crippen LogP contribution in [0.3, 0.4) is 0 Å². The highest BCUT2D eigenvalue weighted by molar-refractivity contribution is 14.0. The molecule has 0 aliphatic heterocycles. The van der Waals surface area contributed by atoms with E-state index < -0.39 is 0 Å². The second kappa shape index (κ2) is 12.7. The monoisotopic (exact) mass is 551 g/mol. The number of aromatic nitrogens is 4. The molecule has 9 nitrogen and oxygen atoms in total. The number of hydrogen-bond donors (Lipinski definition) is 3. The number of aryl methyl sites for hydroxylation is 2. The number of nitrogens with two attached hydrogens (primary N) is 1. The number of nitriles is 1. The second-order valence-corrected chi connectivity index (χ2v) is 6.86. The summed E-state index contributed by atoms with van der Waals surface area (Å²) in [5.41, 5.74) is 7.68. The van der Waals surface area contributed by atoms with Crippen LogP contribution in [-0.4, -0.2) is 45.7 Å². The Morgan fingerprint density at radius 3 is 2.56 bits per heavy atom. The number of guanidine groups is 1. The highest BCUT2D eigenvalue weighted by Crippen LogP contribution is 2.21. The first-order chi connectivity index (χ1) is 15.1. The van der Waals surface area contributed by atoms with Crippen LogP contribution in [-0.2, 0) is 13.0 Å². The minimum atomic E-state index is -0.343. The summed E-state index contributed by atoms with van der Waals surface area (Å²) in [5.74, 6) is 0.633. The summed E-state index contributed by atoms with van der Waals surface area (Å²) in [7, 11) is 1.72. The van der Waals surface area contributed by atoms with Gasteiger partial charge in [0.2, 0.25) is 0 Å². The van der Waals surface area contributed by atoms with Gasteiger partial charge in [-0.1, -0.05) is 0 Å². The van der Waals surface area contributed by atoms with Crippen LogP contribution >= 0.6 is 24.0 Å². The third kappa shape index (κ3) is 6.68. The first-order valence-electron chi connectivity index (χ1n) is 10.1. The van der Waals surface area contributed by atoms with Gasteiger partial charge in [0.15, 0.2) is 5.96 Å². The molecule has 170 valence electrons. The van der Waals surface area contributed by atoms with Gasteiger partial charge in [0.05, 0.1) is 11.4 Å². The summed E-state index contributed by atoms with van der Waals surface area (Å²) in [6.45, 7) is 2.27. The van der Waals surface area contributed by atoms with Crippen LogP contribution in [0.25, 0.3) is 5.69 Å². The van der Waals surface area contributed by atoms with Crippen molar-refractivity contribution in [3.05, 3.63) is 59.8 Å². The van der Waals surface area contributed by atoms with Crippen molar-refractivity contribution in [3.8, 4) is 11.8 Å². The zero-order chi connectivity index (χ0) is 22.1. The van der Waals surface area contributed by atoms with Crippen molar-refractivity contribution >= 4 is 35.8 Å². The van der Waals surface area contributed by atoms with E-state index in [4.69, 9.17) is 5.73 Å². The number of nitrogens with zero attached hydrogens (tertiary/aromatic N) is 6. The van der Waals surface area contributed by atoms with Crippen LogP contribution in [0.1, 0.15) is 24.1 Å². The molecule has 0 amide bonds. The Labute approximate surface area is 203 Å². The lowest BCUT2D eigenvalue weighted by molar-refractivity contribution is 0.570. The number of rotatable bonds is 9. The molecule has 11 heteroatoms. The molecular formula is C21H27FIN9. The molecule has 0 atom stereocenters. The molecule has 3 aromatic rings. The Morgan fingerprint density at radius 1 is 1.22 bits per heavy atom. The number of benzene rings is 1. The van der Waals surface area contributed by atoms with Crippen LogP contribution in [0, 0.1) is 17.1 Å². The van der Waals surface area contributed by atoms with Crippen molar-refractivity contribution in [1.29, 1.82) is 5.26 Å². The van der Waals surface area contributed by atoms with Crippen molar-refractivity contribution in [2.24, 2.45) is 4.99 Å². The Kier molecular flexibility index (Phi) is 9.93. The summed E-state index contributed by atoms with van der Waals surface area (Å²) in [4.78, 5) is 4.22. The average Bonchev–Trinajstić information content (AvgIpc) is 3.41. The number of anilines is 1. The molecule has 4 N–H and O–H groups in total. The van der Waals surface area contributed by atoms with E-state index in [0.29, 0.717) is 29.9 Å². The minimum Gasteiger partial charge on any atom is -0.382 e. The molecule has 0 aliphatic carbocycles. The van der Waals surface area contributed by atoms with Crippen molar-refractivity contribution in [3.63, 3.8) is 0 Å². The van der Waals surface area contributed by atoms with Gasteiger partial charge in [0.1, 0.15) is 23.3 Å². The second-order valence-electron chi connectivity index (χ2n) is 6.86. The number of nitrogen functional groups attached to an aromatic ring is 1. The molecule has 0 bridgehead atoms. The highest BCUT2D eigenvalue weighted by atomic mass is 127. The SMILES string of the molecule is CN=C(NCCCc1nn(-c2ccc(F)cc2)c(N)c1C#N)NCCCn1cccn1.I. The molecule has 2 aromatic heterocycles. The minimum absolute atomic E-state index is 0. The van der Waals surface area contributed by atoms with Crippen LogP contribution in [0.5, 0.6) is 0 Å². The molecule has 32 heavy (non-hydrogen) atoms. The summed E-state index contributed by atoms with van der Waals surface area (Å²) >= 11 is 0. The normalized spacial score (nSPS) is 11.0. The van der Waals surface area contributed by atoms with E-state index in [1.807, 2.05) is 16.9 Å². The van der Waals surface area contributed by atoms with E-state index >= 15 is 0 Å². The predicted octanol–water partition coefficient (Wildman–Crippen LogP) is 2.47. The maximum atomic E-state index is 13.2. The van der Waals surface area contributed by atoms with Gasteiger partial charge in [-0.15, -0.1) is 24.0 Å². The largest absolute Gasteiger partial charge is 0.382 e. The van der Waals surface area contributed by atoms with Crippen LogP contribution < -0.4 is 16.4 Å². The van der Waals surface area contributed by atoms with Gasteiger partial charge >= 0.3 is 0 Å². The van der Waals surface area contributed by atoms with Gasteiger partial charge in [-0.25, -0.2) is 9.07 Å². The fraction of sp³-hybridized carbons (Fsp3) is 0.333. The van der Waals surface area contributed by atoms with E-state index in [0.717, 1.165) is 31.9 Å². The number of aliphatic imine (C=N–C) groups is 1. The fourth-order valence-electron chi connectivity index (χ4n) is 3.12. The lowest BCUT2D eigenvalue weighted by atomic mass is 10.1. The third-order valence-electron chi connectivity index (χ3n) is 4.70. The molecule has 0 spiro atoms. The van der Waals surface area contributed by atoms with Gasteiger partial charge in [0.25, 0.3) is 0 Å². The van der Waals surface area contributed by atoms with E-state index in [1.54, 1.807) is 25.4 Å². The lowest BCUT2D eigenvalue weighted by Crippen LogP contribution is -2.38. The highest BCUT2D eigenvalue weighted by Gasteiger charge is 2.16. The van der Waals surface area contributed by atoms with E-state index in [2.05, 4.69) is 31.9 Å². The maximum absolute atomic E-state index is 13.2. The van der Waals surface area contributed by atoms with Gasteiger partial charge in [-0.05, 0) is 49.6 Å². The fourth-order valence-corrected chi connectivity index (χ4v) is 3.12. The predicted molar refractivity (Wildman–Crippen MR) is 133 cm³/mol. The van der Waals surface area contributed by atoms with E-state index in [-0.39, 0.29) is 35.6 Å². The van der Waals surface area contributed by atoms with E-state index in [9.17, 15) is 9.65 Å². The quantitative estimate of drug-likeness (QED) is 0.163. The van der Waals surface area contributed by atoms with Crippen LogP contribution in [0.4, 0.5) is 10.2 Å². The molecule has 0 saturated heterocycles. The van der Waals surface area contributed by atoms with Gasteiger partial charge in [0, 0.05) is 39.1 Å². The molecular weight excluding hydrogens is 524 g/mol. The Hall–Kier alpha value is -3.14. The number of hydrogen-bond acceptors (Lipinski definition) is 5. The Bertz CT molecular complexity index is 1040. The van der Waals surface area contributed by atoms with Crippen LogP contribution in [0.2, 0.25) is 0 Å². The average molecular weight is 551 g/mol. The van der Waals surface area contributed by atoms with Gasteiger partial charge in [-0.3, -0.25) is 9.67 Å². The maximum Gasteiger partial charge on any atom is 0.190 e. The Morgan fingerprint density at radius 2 is 1.94 bits per heavy atom. The zero-order valence-corrected chi connectivity index (χ0v) is 20.2. The first kappa shape index (κ1) is 25.1. The molecule has 0 radical (unpaired) electrons. The molecule has 2 heterocycles. The van der Waals surface area contributed by atoms with E-state index in [1.165, 1.54) is 16.8 Å². The smallest absolute Gasteiger partial charge is 0.190 e. The summed E-state index contributed by atoms with van der Waals surface area (Å²) in [5, 5.41) is 24.6. The van der Waals surface area contributed by atoms with Crippen molar-refractivity contribution < 1.29 is 4.39 Å². The number of halogens is 2. The van der Waals surface area contributed by atoms with Crippen molar-refractivity contribution in [2.75, 3.05) is 25.9 Å². The summed E-state index contributed by atoms with van der Waals surface area (Å²) < 4.78 is 16.5. The van der Waals surface area contributed by atoms with Gasteiger partial charge in [-0.2, -0.15) is 15.5 Å².